The number of rotatable bonds is 4. The summed E-state index contributed by atoms with van der Waals surface area (Å²) in [5.74, 6) is 0. The number of hydrogen-bond acceptors (Lipinski definition) is 4. The summed E-state index contributed by atoms with van der Waals surface area (Å²) in [5.41, 5.74) is 1.25. The molecule has 1 fully saturated rings. The molecule has 0 amide bonds. The lowest BCUT2D eigenvalue weighted by Gasteiger charge is -2.31. The molecule has 0 radical (unpaired) electrons. The van der Waals surface area contributed by atoms with Crippen LogP contribution in [0.5, 0.6) is 0 Å². The Labute approximate surface area is 114 Å². The van der Waals surface area contributed by atoms with Gasteiger partial charge in [0.2, 0.25) is 0 Å². The van der Waals surface area contributed by atoms with Gasteiger partial charge in [-0.15, -0.1) is 23.7 Å². The monoisotopic (exact) mass is 275 g/mol. The van der Waals surface area contributed by atoms with E-state index in [-0.39, 0.29) is 12.4 Å². The van der Waals surface area contributed by atoms with Crippen molar-refractivity contribution in [3.8, 4) is 0 Å². The largest absolute Gasteiger partial charge is 0.312 e. The van der Waals surface area contributed by atoms with Gasteiger partial charge in [0.1, 0.15) is 0 Å². The van der Waals surface area contributed by atoms with Crippen LogP contribution in [0.3, 0.4) is 0 Å². The topological polar surface area (TPSA) is 28.2 Å². The first kappa shape index (κ1) is 14.9. The van der Waals surface area contributed by atoms with Gasteiger partial charge in [-0.25, -0.2) is 4.98 Å². The van der Waals surface area contributed by atoms with Gasteiger partial charge in [-0.2, -0.15) is 0 Å². The number of nitrogens with one attached hydrogen (secondary N) is 1. The molecular weight excluding hydrogens is 254 g/mol. The van der Waals surface area contributed by atoms with Crippen molar-refractivity contribution >= 4 is 23.7 Å². The van der Waals surface area contributed by atoms with Crippen LogP contribution in [0.25, 0.3) is 0 Å². The molecule has 17 heavy (non-hydrogen) atoms. The summed E-state index contributed by atoms with van der Waals surface area (Å²) >= 11 is 1.81. The summed E-state index contributed by atoms with van der Waals surface area (Å²) in [5, 5.41) is 6.98. The van der Waals surface area contributed by atoms with E-state index in [1.165, 1.54) is 17.1 Å². The second-order valence-corrected chi connectivity index (χ2v) is 5.52. The fourth-order valence-electron chi connectivity index (χ4n) is 2.14. The van der Waals surface area contributed by atoms with Crippen molar-refractivity contribution in [1.29, 1.82) is 0 Å². The summed E-state index contributed by atoms with van der Waals surface area (Å²) < 4.78 is 0. The Bertz CT molecular complexity index is 329. The zero-order valence-corrected chi connectivity index (χ0v) is 12.2. The second-order valence-electron chi connectivity index (χ2n) is 4.57. The van der Waals surface area contributed by atoms with E-state index in [9.17, 15) is 0 Å². The summed E-state index contributed by atoms with van der Waals surface area (Å²) in [6.45, 7) is 8.86. The summed E-state index contributed by atoms with van der Waals surface area (Å²) in [6.07, 6.45) is 2.32. The molecule has 0 spiro atoms. The Morgan fingerprint density at radius 3 is 3.12 bits per heavy atom. The van der Waals surface area contributed by atoms with E-state index in [0.717, 1.165) is 32.6 Å². The maximum atomic E-state index is 4.68. The Hall–Kier alpha value is -0.160. The van der Waals surface area contributed by atoms with Crippen LogP contribution in [0, 0.1) is 0 Å². The first-order valence-electron chi connectivity index (χ1n) is 6.17. The number of piperazine rings is 1. The van der Waals surface area contributed by atoms with E-state index in [1.54, 1.807) is 0 Å². The molecule has 0 saturated carbocycles. The third-order valence-corrected chi connectivity index (χ3v) is 3.86. The fraction of sp³-hybridized carbons (Fsp3) is 0.750. The minimum atomic E-state index is 0. The Morgan fingerprint density at radius 1 is 1.59 bits per heavy atom. The van der Waals surface area contributed by atoms with Crippen LogP contribution in [0.15, 0.2) is 5.38 Å². The molecule has 1 aromatic heterocycles. The van der Waals surface area contributed by atoms with E-state index in [1.807, 2.05) is 11.3 Å². The molecule has 3 nitrogen and oxygen atoms in total. The molecule has 0 aliphatic carbocycles. The Kier molecular flexibility index (Phi) is 6.41. The maximum Gasteiger partial charge on any atom is 0.0928 e. The van der Waals surface area contributed by atoms with Crippen LogP contribution >= 0.6 is 23.7 Å². The van der Waals surface area contributed by atoms with Gasteiger partial charge < -0.3 is 5.32 Å². The van der Waals surface area contributed by atoms with Crippen LogP contribution in [0.1, 0.15) is 31.0 Å². The summed E-state index contributed by atoms with van der Waals surface area (Å²) in [7, 11) is 0. The highest BCUT2D eigenvalue weighted by atomic mass is 35.5. The van der Waals surface area contributed by atoms with E-state index in [2.05, 4.69) is 34.4 Å². The molecule has 2 heterocycles. The normalized spacial score (nSPS) is 21.2. The molecule has 98 valence electrons. The van der Waals surface area contributed by atoms with E-state index in [0.29, 0.717) is 6.04 Å². The lowest BCUT2D eigenvalue weighted by Crippen LogP contribution is -2.48. The van der Waals surface area contributed by atoms with E-state index >= 15 is 0 Å². The first-order chi connectivity index (χ1) is 7.78. The first-order valence-corrected chi connectivity index (χ1v) is 7.05. The van der Waals surface area contributed by atoms with Crippen LogP contribution in [-0.4, -0.2) is 35.6 Å². The van der Waals surface area contributed by atoms with Gasteiger partial charge in [-0.3, -0.25) is 4.90 Å². The van der Waals surface area contributed by atoms with Crippen LogP contribution in [0.2, 0.25) is 0 Å². The predicted molar refractivity (Wildman–Crippen MR) is 76.1 cm³/mol. The fourth-order valence-corrected chi connectivity index (χ4v) is 3.03. The standard InChI is InChI=1S/C12H21N3S.ClH/c1-3-4-12-14-11(9-16-12)8-15-6-5-13-10(2)7-15;/h9-10,13H,3-8H2,1-2H3;1H/t10-;/m0./s1. The van der Waals surface area contributed by atoms with Crippen molar-refractivity contribution in [3.05, 3.63) is 16.1 Å². The molecule has 0 aromatic carbocycles. The molecule has 0 bridgehead atoms. The quantitative estimate of drug-likeness (QED) is 0.914. The minimum Gasteiger partial charge on any atom is -0.312 e. The number of halogens is 1. The number of hydrogen-bond donors (Lipinski definition) is 1. The third-order valence-electron chi connectivity index (χ3n) is 2.90. The summed E-state index contributed by atoms with van der Waals surface area (Å²) in [4.78, 5) is 7.17. The molecule has 1 aromatic rings. The molecular formula is C12H22ClN3S. The van der Waals surface area contributed by atoms with E-state index < -0.39 is 0 Å². The molecule has 1 atom stereocenters. The number of aryl methyl sites for hydroxylation is 1. The van der Waals surface area contributed by atoms with Crippen LogP contribution in [0.4, 0.5) is 0 Å². The third kappa shape index (κ3) is 4.54. The van der Waals surface area contributed by atoms with Crippen molar-refractivity contribution in [1.82, 2.24) is 15.2 Å². The number of thiazole rings is 1. The number of aromatic nitrogens is 1. The van der Waals surface area contributed by atoms with Gasteiger partial charge in [0.25, 0.3) is 0 Å². The lowest BCUT2D eigenvalue weighted by atomic mass is 10.2. The SMILES string of the molecule is CCCc1nc(CN2CCN[C@@H](C)C2)cs1.Cl. The van der Waals surface area contributed by atoms with Gasteiger partial charge in [0.05, 0.1) is 10.7 Å². The van der Waals surface area contributed by atoms with Gasteiger partial charge in [-0.1, -0.05) is 6.92 Å². The minimum absolute atomic E-state index is 0. The van der Waals surface area contributed by atoms with Gasteiger partial charge >= 0.3 is 0 Å². The highest BCUT2D eigenvalue weighted by Crippen LogP contribution is 2.14. The number of nitrogens with zero attached hydrogens (tertiary/aromatic N) is 2. The van der Waals surface area contributed by atoms with Crippen molar-refractivity contribution in [2.45, 2.75) is 39.3 Å². The summed E-state index contributed by atoms with van der Waals surface area (Å²) in [6, 6.07) is 0.613. The molecule has 1 saturated heterocycles. The smallest absolute Gasteiger partial charge is 0.0928 e. The van der Waals surface area contributed by atoms with Crippen molar-refractivity contribution < 1.29 is 0 Å². The molecule has 1 aliphatic heterocycles. The average Bonchev–Trinajstić information content (AvgIpc) is 2.66. The second kappa shape index (κ2) is 7.31. The zero-order chi connectivity index (χ0) is 11.4. The predicted octanol–water partition coefficient (Wildman–Crippen LogP) is 2.31. The molecule has 0 unspecified atom stereocenters. The molecule has 1 aliphatic rings. The maximum absolute atomic E-state index is 4.68. The lowest BCUT2D eigenvalue weighted by molar-refractivity contribution is 0.198. The highest BCUT2D eigenvalue weighted by molar-refractivity contribution is 7.09. The Morgan fingerprint density at radius 2 is 2.41 bits per heavy atom. The van der Waals surface area contributed by atoms with Crippen LogP contribution in [-0.2, 0) is 13.0 Å². The molecule has 1 N–H and O–H groups in total. The van der Waals surface area contributed by atoms with Crippen LogP contribution < -0.4 is 5.32 Å². The van der Waals surface area contributed by atoms with Crippen molar-refractivity contribution in [2.75, 3.05) is 19.6 Å². The molecule has 5 heteroatoms. The average molecular weight is 276 g/mol. The Balaban J connectivity index is 0.00000144. The van der Waals surface area contributed by atoms with Crippen molar-refractivity contribution in [2.24, 2.45) is 0 Å². The zero-order valence-electron chi connectivity index (χ0n) is 10.6. The highest BCUT2D eigenvalue weighted by Gasteiger charge is 2.16. The van der Waals surface area contributed by atoms with E-state index in [4.69, 9.17) is 0 Å². The van der Waals surface area contributed by atoms with Gasteiger partial charge in [0, 0.05) is 37.6 Å². The molecule has 2 rings (SSSR count). The van der Waals surface area contributed by atoms with Gasteiger partial charge in [-0.05, 0) is 19.8 Å². The van der Waals surface area contributed by atoms with Gasteiger partial charge in [0.15, 0.2) is 0 Å². The van der Waals surface area contributed by atoms with Crippen molar-refractivity contribution in [3.63, 3.8) is 0 Å².